The lowest BCUT2D eigenvalue weighted by atomic mass is 9.90. The third-order valence-corrected chi connectivity index (χ3v) is 7.48. The zero-order chi connectivity index (χ0) is 23.2. The van der Waals surface area contributed by atoms with Crippen LogP contribution < -0.4 is 9.64 Å². The van der Waals surface area contributed by atoms with E-state index in [1.165, 1.54) is 6.42 Å². The molecule has 3 heterocycles. The van der Waals surface area contributed by atoms with Gasteiger partial charge in [0.15, 0.2) is 5.78 Å². The number of benzene rings is 1. The zero-order valence-corrected chi connectivity index (χ0v) is 18.9. The number of fused-ring (bicyclic) bond motifs is 1. The number of Topliss-reactive ketones (excluding diaryl/α,β-unsaturated/α-hetero) is 1. The summed E-state index contributed by atoms with van der Waals surface area (Å²) in [6.45, 7) is 2.30. The summed E-state index contributed by atoms with van der Waals surface area (Å²) in [7, 11) is 0. The third-order valence-electron chi connectivity index (χ3n) is 7.48. The van der Waals surface area contributed by atoms with Gasteiger partial charge in [0.2, 0.25) is 5.95 Å². The standard InChI is InChI=1S/C25H27F2N5O2/c26-20-13-18(14-21(27)22(20)23(33)16-2-3-16)34-11-6-17-12-19(17)15-4-9-31(10-5-15)25-29-24-28-7-1-8-32(24)30-25/h1,7-8,13-17,19H,2-6,9-12H2/t17-,19-/m1/s1. The second kappa shape index (κ2) is 8.60. The molecule has 2 atom stereocenters. The van der Waals surface area contributed by atoms with Gasteiger partial charge in [0, 0.05) is 43.5 Å². The van der Waals surface area contributed by atoms with Gasteiger partial charge in [-0.05, 0) is 62.3 Å². The molecule has 0 unspecified atom stereocenters. The lowest BCUT2D eigenvalue weighted by Gasteiger charge is -2.31. The molecule has 2 aromatic heterocycles. The molecule has 0 spiro atoms. The molecule has 0 radical (unpaired) electrons. The van der Waals surface area contributed by atoms with Gasteiger partial charge >= 0.3 is 0 Å². The fourth-order valence-corrected chi connectivity index (χ4v) is 5.31. The average molecular weight is 468 g/mol. The summed E-state index contributed by atoms with van der Waals surface area (Å²) in [5, 5.41) is 4.53. The minimum atomic E-state index is -0.821. The zero-order valence-electron chi connectivity index (χ0n) is 18.9. The van der Waals surface area contributed by atoms with Crippen molar-refractivity contribution >= 4 is 17.5 Å². The summed E-state index contributed by atoms with van der Waals surface area (Å²) in [5.41, 5.74) is -0.418. The molecule has 178 valence electrons. The number of carbonyl (C=O) groups excluding carboxylic acids is 1. The second-order valence-corrected chi connectivity index (χ2v) is 9.80. The van der Waals surface area contributed by atoms with Gasteiger partial charge < -0.3 is 9.64 Å². The smallest absolute Gasteiger partial charge is 0.253 e. The Hall–Kier alpha value is -3.10. The normalized spacial score (nSPS) is 22.8. The molecule has 3 fully saturated rings. The Morgan fingerprint density at radius 1 is 1.12 bits per heavy atom. The summed E-state index contributed by atoms with van der Waals surface area (Å²) < 4.78 is 36.0. The molecular formula is C25H27F2N5O2. The number of piperidine rings is 1. The van der Waals surface area contributed by atoms with Crippen molar-refractivity contribution in [3.8, 4) is 5.75 Å². The molecule has 9 heteroatoms. The maximum absolute atomic E-state index is 14.3. The molecular weight excluding hydrogens is 440 g/mol. The monoisotopic (exact) mass is 467 g/mol. The number of carbonyl (C=O) groups is 1. The molecule has 3 aliphatic rings. The van der Waals surface area contributed by atoms with E-state index in [1.54, 1.807) is 10.7 Å². The fourth-order valence-electron chi connectivity index (χ4n) is 5.31. The maximum Gasteiger partial charge on any atom is 0.253 e. The number of hydrogen-bond acceptors (Lipinski definition) is 6. The summed E-state index contributed by atoms with van der Waals surface area (Å²) in [4.78, 5) is 23.1. The first-order chi connectivity index (χ1) is 16.6. The van der Waals surface area contributed by atoms with Crippen LogP contribution in [0.5, 0.6) is 5.75 Å². The van der Waals surface area contributed by atoms with Crippen molar-refractivity contribution in [3.05, 3.63) is 47.8 Å². The van der Waals surface area contributed by atoms with Crippen molar-refractivity contribution in [1.29, 1.82) is 0 Å². The molecule has 1 aliphatic heterocycles. The van der Waals surface area contributed by atoms with Gasteiger partial charge in [0.1, 0.15) is 17.4 Å². The minimum Gasteiger partial charge on any atom is -0.493 e. The van der Waals surface area contributed by atoms with E-state index in [4.69, 9.17) is 4.74 Å². The number of halogens is 2. The van der Waals surface area contributed by atoms with E-state index >= 15 is 0 Å². The van der Waals surface area contributed by atoms with Crippen LogP contribution in [0.15, 0.2) is 30.6 Å². The van der Waals surface area contributed by atoms with E-state index in [0.717, 1.165) is 50.4 Å². The largest absolute Gasteiger partial charge is 0.493 e. The summed E-state index contributed by atoms with van der Waals surface area (Å²) in [6, 6.07) is 4.12. The van der Waals surface area contributed by atoms with Crippen LogP contribution in [0.3, 0.4) is 0 Å². The van der Waals surface area contributed by atoms with Crippen molar-refractivity contribution in [2.45, 2.75) is 38.5 Å². The van der Waals surface area contributed by atoms with E-state index in [1.807, 2.05) is 12.3 Å². The Labute approximate surface area is 196 Å². The summed E-state index contributed by atoms with van der Waals surface area (Å²) in [6.07, 6.45) is 9.27. The first-order valence-corrected chi connectivity index (χ1v) is 12.1. The van der Waals surface area contributed by atoms with Crippen LogP contribution in [-0.2, 0) is 0 Å². The average Bonchev–Trinajstić information content (AvgIpc) is 3.76. The molecule has 2 saturated carbocycles. The minimum absolute atomic E-state index is 0.155. The Kier molecular flexibility index (Phi) is 5.42. The van der Waals surface area contributed by atoms with Crippen molar-refractivity contribution in [2.24, 2.45) is 23.7 Å². The fraction of sp³-hybridized carbons (Fsp3) is 0.520. The van der Waals surface area contributed by atoms with Gasteiger partial charge in [-0.1, -0.05) is 0 Å². The topological polar surface area (TPSA) is 72.6 Å². The Bertz CT molecular complexity index is 1160. The van der Waals surface area contributed by atoms with Gasteiger partial charge in [0.05, 0.1) is 12.2 Å². The van der Waals surface area contributed by atoms with Crippen LogP contribution in [0.1, 0.15) is 48.9 Å². The molecule has 0 bridgehead atoms. The first-order valence-electron chi connectivity index (χ1n) is 12.1. The molecule has 1 saturated heterocycles. The van der Waals surface area contributed by atoms with Crippen molar-refractivity contribution < 1.29 is 18.3 Å². The summed E-state index contributed by atoms with van der Waals surface area (Å²) in [5.74, 6) is 1.18. The highest BCUT2D eigenvalue weighted by molar-refractivity contribution is 5.99. The van der Waals surface area contributed by atoms with Crippen LogP contribution in [0.25, 0.3) is 5.78 Å². The quantitative estimate of drug-likeness (QED) is 0.460. The molecule has 2 aliphatic carbocycles. The number of ketones is 1. The van der Waals surface area contributed by atoms with Crippen molar-refractivity contribution in [2.75, 3.05) is 24.6 Å². The lowest BCUT2D eigenvalue weighted by molar-refractivity contribution is 0.0959. The predicted molar refractivity (Wildman–Crippen MR) is 121 cm³/mol. The van der Waals surface area contributed by atoms with Crippen molar-refractivity contribution in [1.82, 2.24) is 19.6 Å². The Morgan fingerprint density at radius 2 is 1.88 bits per heavy atom. The lowest BCUT2D eigenvalue weighted by Crippen LogP contribution is -2.35. The number of nitrogens with zero attached hydrogens (tertiary/aromatic N) is 5. The van der Waals surface area contributed by atoms with Gasteiger partial charge in [-0.3, -0.25) is 4.79 Å². The second-order valence-electron chi connectivity index (χ2n) is 9.80. The number of aromatic nitrogens is 4. The number of anilines is 1. The highest BCUT2D eigenvalue weighted by Gasteiger charge is 2.43. The number of rotatable bonds is 8. The molecule has 3 aromatic rings. The van der Waals surface area contributed by atoms with Crippen LogP contribution >= 0.6 is 0 Å². The molecule has 7 nitrogen and oxygen atoms in total. The highest BCUT2D eigenvalue weighted by atomic mass is 19.1. The van der Waals surface area contributed by atoms with Gasteiger partial charge in [-0.2, -0.15) is 4.98 Å². The van der Waals surface area contributed by atoms with Crippen LogP contribution in [0, 0.1) is 35.3 Å². The Morgan fingerprint density at radius 3 is 2.59 bits per heavy atom. The summed E-state index contributed by atoms with van der Waals surface area (Å²) >= 11 is 0. The Balaban J connectivity index is 0.968. The number of ether oxygens (including phenoxy) is 1. The molecule has 1 aromatic carbocycles. The van der Waals surface area contributed by atoms with E-state index in [9.17, 15) is 13.6 Å². The van der Waals surface area contributed by atoms with E-state index in [-0.39, 0.29) is 11.7 Å². The van der Waals surface area contributed by atoms with E-state index in [2.05, 4.69) is 20.0 Å². The first kappa shape index (κ1) is 21.4. The molecule has 6 rings (SSSR count). The van der Waals surface area contributed by atoms with Crippen LogP contribution in [-0.4, -0.2) is 45.1 Å². The number of hydrogen-bond donors (Lipinski definition) is 0. The third kappa shape index (κ3) is 4.23. The highest BCUT2D eigenvalue weighted by Crippen LogP contribution is 2.50. The van der Waals surface area contributed by atoms with Gasteiger partial charge in [-0.25, -0.2) is 18.3 Å². The van der Waals surface area contributed by atoms with Crippen LogP contribution in [0.2, 0.25) is 0 Å². The SMILES string of the molecule is O=C(c1c(F)cc(OCC[C@@H]2C[C@@H]2C2CCN(c3nc4ncccn4n3)CC2)cc1F)C1CC1. The van der Waals surface area contributed by atoms with Crippen molar-refractivity contribution in [3.63, 3.8) is 0 Å². The van der Waals surface area contributed by atoms with Crippen LogP contribution in [0.4, 0.5) is 14.7 Å². The molecule has 0 N–H and O–H groups in total. The van der Waals surface area contributed by atoms with Gasteiger partial charge in [0.25, 0.3) is 5.78 Å². The predicted octanol–water partition coefficient (Wildman–Crippen LogP) is 4.32. The molecule has 0 amide bonds. The van der Waals surface area contributed by atoms with Gasteiger partial charge in [-0.15, -0.1) is 5.10 Å². The van der Waals surface area contributed by atoms with E-state index in [0.29, 0.717) is 43.0 Å². The maximum atomic E-state index is 14.3. The molecule has 34 heavy (non-hydrogen) atoms. The van der Waals surface area contributed by atoms with E-state index < -0.39 is 23.0 Å².